The summed E-state index contributed by atoms with van der Waals surface area (Å²) in [5, 5.41) is 27.3. The van der Waals surface area contributed by atoms with Crippen LogP contribution in [0.25, 0.3) is 0 Å². The van der Waals surface area contributed by atoms with E-state index in [9.17, 15) is 19.8 Å². The molecule has 1 aliphatic heterocycles. The average Bonchev–Trinajstić information content (AvgIpc) is 3.17. The minimum absolute atomic E-state index is 0.0213. The Kier molecular flexibility index (Phi) is 6.21. The molecule has 1 aromatic rings. The molecule has 204 valence electrons. The second-order valence-electron chi connectivity index (χ2n) is 13.0. The number of nitrogens with zero attached hydrogens (tertiary/aromatic N) is 2. The average molecular weight is 520 g/mol. The van der Waals surface area contributed by atoms with Crippen molar-refractivity contribution in [3.8, 4) is 0 Å². The maximum Gasteiger partial charge on any atom is 0.178 e. The van der Waals surface area contributed by atoms with E-state index in [1.807, 2.05) is 24.3 Å². The van der Waals surface area contributed by atoms with Crippen molar-refractivity contribution < 1.29 is 19.8 Å². The molecule has 7 heteroatoms. The Morgan fingerprint density at radius 1 is 1.29 bits per heavy atom. The van der Waals surface area contributed by atoms with Crippen molar-refractivity contribution in [1.82, 2.24) is 10.3 Å². The predicted octanol–water partition coefficient (Wildman–Crippen LogP) is 3.07. The molecule has 38 heavy (non-hydrogen) atoms. The van der Waals surface area contributed by atoms with E-state index in [2.05, 4.69) is 36.0 Å². The van der Waals surface area contributed by atoms with Gasteiger partial charge in [-0.2, -0.15) is 0 Å². The van der Waals surface area contributed by atoms with Gasteiger partial charge in [0.25, 0.3) is 0 Å². The van der Waals surface area contributed by atoms with Gasteiger partial charge in [-0.25, -0.2) is 4.98 Å². The molecular formula is C31H41N3O4. The third kappa shape index (κ3) is 3.69. The van der Waals surface area contributed by atoms with Crippen LogP contribution in [0.4, 0.5) is 5.82 Å². The zero-order valence-electron chi connectivity index (χ0n) is 22.8. The largest absolute Gasteiger partial charge is 0.393 e. The van der Waals surface area contributed by atoms with E-state index >= 15 is 0 Å². The third-order valence-corrected chi connectivity index (χ3v) is 11.1. The molecule has 0 amide bonds. The van der Waals surface area contributed by atoms with Gasteiger partial charge < -0.3 is 20.4 Å². The van der Waals surface area contributed by atoms with E-state index in [1.54, 1.807) is 18.3 Å². The molecular weight excluding hydrogens is 478 g/mol. The Labute approximate surface area is 225 Å². The number of ketones is 2. The number of allylic oxidation sites excluding steroid dienone is 4. The number of nitrogens with one attached hydrogen (secondary N) is 1. The lowest BCUT2D eigenvalue weighted by atomic mass is 9.44. The zero-order valence-corrected chi connectivity index (χ0v) is 22.8. The van der Waals surface area contributed by atoms with Crippen molar-refractivity contribution >= 4 is 17.4 Å². The van der Waals surface area contributed by atoms with E-state index < -0.39 is 17.1 Å². The highest BCUT2D eigenvalue weighted by Gasteiger charge is 2.68. The summed E-state index contributed by atoms with van der Waals surface area (Å²) in [6.07, 6.45) is 9.30. The molecule has 3 unspecified atom stereocenters. The molecule has 9 atom stereocenters. The lowest BCUT2D eigenvalue weighted by Gasteiger charge is -2.60. The second-order valence-corrected chi connectivity index (χ2v) is 13.0. The fourth-order valence-corrected chi connectivity index (χ4v) is 9.36. The topological polar surface area (TPSA) is 103 Å². The first-order chi connectivity index (χ1) is 18.1. The van der Waals surface area contributed by atoms with Crippen LogP contribution in [0, 0.1) is 34.5 Å². The number of aromatic nitrogens is 1. The van der Waals surface area contributed by atoms with Gasteiger partial charge in [0, 0.05) is 55.0 Å². The van der Waals surface area contributed by atoms with Crippen LogP contribution < -0.4 is 10.2 Å². The van der Waals surface area contributed by atoms with Crippen LogP contribution in [-0.2, 0) is 9.59 Å². The number of pyridine rings is 1. The first kappa shape index (κ1) is 25.9. The lowest BCUT2D eigenvalue weighted by molar-refractivity contribution is -0.178. The minimum atomic E-state index is -1.46. The minimum Gasteiger partial charge on any atom is -0.393 e. The van der Waals surface area contributed by atoms with Crippen LogP contribution in [0.3, 0.4) is 0 Å². The van der Waals surface area contributed by atoms with E-state index in [-0.39, 0.29) is 53.1 Å². The molecule has 0 spiro atoms. The summed E-state index contributed by atoms with van der Waals surface area (Å²) in [6, 6.07) is 5.75. The molecule has 7 nitrogen and oxygen atoms in total. The monoisotopic (exact) mass is 519 g/mol. The zero-order chi connectivity index (χ0) is 26.9. The number of fused-ring (bicyclic) bond motifs is 5. The summed E-state index contributed by atoms with van der Waals surface area (Å²) in [5.74, 6) is 1.30. The highest BCUT2D eigenvalue weighted by molar-refractivity contribution is 6.01. The van der Waals surface area contributed by atoms with Gasteiger partial charge in [0.05, 0.1) is 6.10 Å². The molecule has 0 bridgehead atoms. The number of rotatable bonds is 4. The number of carbonyl (C=O) groups is 2. The van der Waals surface area contributed by atoms with E-state index in [0.29, 0.717) is 19.4 Å². The number of hydrogen-bond acceptors (Lipinski definition) is 7. The van der Waals surface area contributed by atoms with Crippen LogP contribution in [0.2, 0.25) is 0 Å². The van der Waals surface area contributed by atoms with Gasteiger partial charge in [-0.05, 0) is 67.7 Å². The maximum atomic E-state index is 14.1. The summed E-state index contributed by atoms with van der Waals surface area (Å²) in [5.41, 5.74) is -1.40. The molecule has 3 N–H and O–H groups in total. The van der Waals surface area contributed by atoms with Crippen LogP contribution in [0.15, 0.2) is 48.2 Å². The second kappa shape index (κ2) is 9.10. The summed E-state index contributed by atoms with van der Waals surface area (Å²) in [4.78, 5) is 33.0. The molecule has 2 heterocycles. The van der Waals surface area contributed by atoms with Crippen molar-refractivity contribution in [2.75, 3.05) is 24.5 Å². The molecule has 5 aliphatic rings. The van der Waals surface area contributed by atoms with Crippen LogP contribution >= 0.6 is 0 Å². The summed E-state index contributed by atoms with van der Waals surface area (Å²) in [7, 11) is 0. The van der Waals surface area contributed by atoms with E-state index in [1.165, 1.54) is 0 Å². The number of aliphatic hydroxyl groups is 2. The predicted molar refractivity (Wildman–Crippen MR) is 145 cm³/mol. The third-order valence-electron chi connectivity index (χ3n) is 11.1. The molecule has 1 saturated heterocycles. The molecule has 0 aromatic carbocycles. The Bertz CT molecular complexity index is 1180. The van der Waals surface area contributed by atoms with Crippen molar-refractivity contribution in [2.24, 2.45) is 34.5 Å². The van der Waals surface area contributed by atoms with Gasteiger partial charge in [-0.1, -0.05) is 38.5 Å². The van der Waals surface area contributed by atoms with Gasteiger partial charge in [0.1, 0.15) is 11.4 Å². The molecule has 4 fully saturated rings. The number of hydrogen-bond donors (Lipinski definition) is 3. The van der Waals surface area contributed by atoms with Crippen molar-refractivity contribution in [2.45, 2.75) is 70.6 Å². The normalized spacial score (nSPS) is 44.2. The van der Waals surface area contributed by atoms with Gasteiger partial charge in [-0.15, -0.1) is 0 Å². The quantitative estimate of drug-likeness (QED) is 0.562. The van der Waals surface area contributed by atoms with Gasteiger partial charge in [0.2, 0.25) is 0 Å². The van der Waals surface area contributed by atoms with Gasteiger partial charge in [-0.3, -0.25) is 9.59 Å². The van der Waals surface area contributed by atoms with Crippen molar-refractivity contribution in [3.05, 3.63) is 48.2 Å². The molecule has 4 aliphatic carbocycles. The summed E-state index contributed by atoms with van der Waals surface area (Å²) in [6.45, 7) is 8.65. The fourth-order valence-electron chi connectivity index (χ4n) is 9.36. The highest BCUT2D eigenvalue weighted by Crippen LogP contribution is 2.68. The molecule has 1 aromatic heterocycles. The van der Waals surface area contributed by atoms with Gasteiger partial charge >= 0.3 is 0 Å². The number of carbonyl (C=O) groups excluding carboxylic acids is 2. The molecule has 6 rings (SSSR count). The maximum absolute atomic E-state index is 14.1. The fraction of sp³-hybridized carbons (Fsp3) is 0.645. The van der Waals surface area contributed by atoms with E-state index in [0.717, 1.165) is 37.3 Å². The Morgan fingerprint density at radius 3 is 2.87 bits per heavy atom. The Morgan fingerprint density at radius 2 is 2.11 bits per heavy atom. The van der Waals surface area contributed by atoms with Crippen molar-refractivity contribution in [3.63, 3.8) is 0 Å². The van der Waals surface area contributed by atoms with Gasteiger partial charge in [0.15, 0.2) is 11.6 Å². The molecule has 0 radical (unpaired) electrons. The highest BCUT2D eigenvalue weighted by atomic mass is 16.3. The number of Topliss-reactive ketones (excluding diaryl/α,β-unsaturated/α-hetero) is 1. The van der Waals surface area contributed by atoms with Crippen LogP contribution in [0.5, 0.6) is 0 Å². The summed E-state index contributed by atoms with van der Waals surface area (Å²) < 4.78 is 0. The van der Waals surface area contributed by atoms with Crippen molar-refractivity contribution in [1.29, 1.82) is 0 Å². The first-order valence-corrected chi connectivity index (χ1v) is 14.4. The molecule has 3 saturated carbocycles. The first-order valence-electron chi connectivity index (χ1n) is 14.4. The standard InChI is InChI=1S/C31H41N3O4/c1-19-14-22-23-8-10-31(38,26(37)15-20-18-32-12-13-34(20)27-6-4-5-11-33-27)30(23,3)17-25(36)28(22)29(2)9-7-21(35)16-24(19)29/h4-7,9,11,16,19-20,22-23,25,28,32,36,38H,8,10,12-15,17-18H2,1-3H3/t19?,20?,22-,23-,25?,28+,29-,30-,31-/m0/s1. The lowest BCUT2D eigenvalue weighted by Crippen LogP contribution is -2.63. The Hall–Kier alpha value is -2.35. The Balaban J connectivity index is 1.28. The van der Waals surface area contributed by atoms with E-state index in [4.69, 9.17) is 0 Å². The number of anilines is 1. The smallest absolute Gasteiger partial charge is 0.178 e. The number of piperazine rings is 1. The summed E-state index contributed by atoms with van der Waals surface area (Å²) >= 11 is 0. The van der Waals surface area contributed by atoms with Crippen LogP contribution in [0.1, 0.15) is 52.9 Å². The SMILES string of the molecule is CC1C[C@@H]2[C@H](C(O)C[C@@]3(C)[C@H]2CC[C@]3(O)C(=O)CC2CNCCN2c2ccccn2)[C@@]2(C)C=CC(=O)C=C12. The number of aliphatic hydroxyl groups excluding tert-OH is 1. The van der Waals surface area contributed by atoms with Crippen LogP contribution in [-0.4, -0.2) is 64.1 Å².